The van der Waals surface area contributed by atoms with E-state index in [0.29, 0.717) is 12.1 Å². The van der Waals surface area contributed by atoms with E-state index in [1.807, 2.05) is 73.7 Å². The van der Waals surface area contributed by atoms with Crippen LogP contribution in [0.15, 0.2) is 72.9 Å². The third-order valence-corrected chi connectivity index (χ3v) is 4.52. The largest absolute Gasteiger partial charge is 0.370 e. The first kappa shape index (κ1) is 18.9. The number of rotatable bonds is 7. The number of aromatic nitrogens is 1. The van der Waals surface area contributed by atoms with Crippen LogP contribution in [0, 0.1) is 0 Å². The van der Waals surface area contributed by atoms with E-state index in [9.17, 15) is 4.79 Å². The predicted molar refractivity (Wildman–Crippen MR) is 112 cm³/mol. The van der Waals surface area contributed by atoms with Crippen LogP contribution in [0.5, 0.6) is 0 Å². The second-order valence-corrected chi connectivity index (χ2v) is 6.56. The van der Waals surface area contributed by atoms with Gasteiger partial charge in [0.2, 0.25) is 0 Å². The molecule has 1 heterocycles. The molecule has 1 aromatic heterocycles. The number of hydrogen-bond donors (Lipinski definition) is 1. The van der Waals surface area contributed by atoms with Crippen molar-refractivity contribution in [1.29, 1.82) is 0 Å². The highest BCUT2D eigenvalue weighted by atomic mass is 35.5. The number of benzene rings is 2. The highest BCUT2D eigenvalue weighted by Gasteiger charge is 2.16. The molecule has 138 valence electrons. The summed E-state index contributed by atoms with van der Waals surface area (Å²) in [5.41, 5.74) is 2.67. The average Bonchev–Trinajstić information content (AvgIpc) is 2.71. The molecule has 0 aliphatic rings. The van der Waals surface area contributed by atoms with E-state index in [1.165, 1.54) is 5.56 Å². The lowest BCUT2D eigenvalue weighted by molar-refractivity contribution is 0.0988. The summed E-state index contributed by atoms with van der Waals surface area (Å²) in [7, 11) is 0. The lowest BCUT2D eigenvalue weighted by Crippen LogP contribution is -2.30. The number of amides is 1. The molecule has 0 aliphatic heterocycles. The minimum atomic E-state index is -0.0519. The number of carbonyl (C=O) groups excluding carboxylic acids is 1. The number of pyridine rings is 1. The van der Waals surface area contributed by atoms with Gasteiger partial charge in [-0.25, -0.2) is 4.98 Å². The van der Waals surface area contributed by atoms with E-state index in [0.717, 1.165) is 29.5 Å². The first-order chi connectivity index (χ1) is 13.2. The maximum atomic E-state index is 12.8. The maximum Gasteiger partial charge on any atom is 0.259 e. The summed E-state index contributed by atoms with van der Waals surface area (Å²) in [6.45, 7) is 3.32. The van der Waals surface area contributed by atoms with E-state index in [4.69, 9.17) is 11.6 Å². The third kappa shape index (κ3) is 5.08. The Labute approximate surface area is 164 Å². The van der Waals surface area contributed by atoms with Gasteiger partial charge in [-0.1, -0.05) is 41.9 Å². The Morgan fingerprint density at radius 2 is 1.78 bits per heavy atom. The van der Waals surface area contributed by atoms with Gasteiger partial charge in [0, 0.05) is 30.0 Å². The first-order valence-corrected chi connectivity index (χ1v) is 9.36. The molecule has 27 heavy (non-hydrogen) atoms. The van der Waals surface area contributed by atoms with E-state index >= 15 is 0 Å². The standard InChI is InChI=1S/C22H22ClN3O/c1-2-26(20-6-4-3-5-7-20)22(27)18-10-13-21(25-16-18)24-15-14-17-8-11-19(23)12-9-17/h3-13,16H,2,14-15H2,1H3,(H,24,25). The normalized spacial score (nSPS) is 10.4. The number of anilines is 2. The summed E-state index contributed by atoms with van der Waals surface area (Å²) < 4.78 is 0. The van der Waals surface area contributed by atoms with Gasteiger partial charge in [-0.3, -0.25) is 4.79 Å². The van der Waals surface area contributed by atoms with Gasteiger partial charge in [0.05, 0.1) is 5.56 Å². The summed E-state index contributed by atoms with van der Waals surface area (Å²) in [4.78, 5) is 18.9. The molecule has 0 saturated carbocycles. The number of carbonyl (C=O) groups is 1. The predicted octanol–water partition coefficient (Wildman–Crippen LogP) is 5.06. The van der Waals surface area contributed by atoms with Gasteiger partial charge >= 0.3 is 0 Å². The first-order valence-electron chi connectivity index (χ1n) is 8.98. The van der Waals surface area contributed by atoms with Gasteiger partial charge in [-0.2, -0.15) is 0 Å². The number of halogens is 1. The molecule has 0 radical (unpaired) electrons. The van der Waals surface area contributed by atoms with Crippen LogP contribution in [0.4, 0.5) is 11.5 Å². The third-order valence-electron chi connectivity index (χ3n) is 4.27. The average molecular weight is 380 g/mol. The molecular formula is C22H22ClN3O. The Morgan fingerprint density at radius 1 is 1.04 bits per heavy atom. The van der Waals surface area contributed by atoms with Gasteiger partial charge in [0.1, 0.15) is 5.82 Å². The van der Waals surface area contributed by atoms with Gasteiger partial charge in [-0.15, -0.1) is 0 Å². The Kier molecular flexibility index (Phi) is 6.44. The second kappa shape index (κ2) is 9.19. The molecule has 3 aromatic rings. The fourth-order valence-electron chi connectivity index (χ4n) is 2.82. The SMILES string of the molecule is CCN(C(=O)c1ccc(NCCc2ccc(Cl)cc2)nc1)c1ccccc1. The lowest BCUT2D eigenvalue weighted by atomic mass is 10.1. The summed E-state index contributed by atoms with van der Waals surface area (Å²) in [6.07, 6.45) is 2.50. The van der Waals surface area contributed by atoms with Crippen molar-refractivity contribution in [3.63, 3.8) is 0 Å². The molecule has 3 rings (SSSR count). The molecule has 0 bridgehead atoms. The minimum absolute atomic E-state index is 0.0519. The number of nitrogens with zero attached hydrogens (tertiary/aromatic N) is 2. The Bertz CT molecular complexity index is 864. The van der Waals surface area contributed by atoms with Gasteiger partial charge in [0.25, 0.3) is 5.91 Å². The van der Waals surface area contributed by atoms with E-state index < -0.39 is 0 Å². The van der Waals surface area contributed by atoms with E-state index in [1.54, 1.807) is 11.1 Å². The summed E-state index contributed by atoms with van der Waals surface area (Å²) >= 11 is 5.90. The highest BCUT2D eigenvalue weighted by molar-refractivity contribution is 6.30. The van der Waals surface area contributed by atoms with Crippen molar-refractivity contribution in [2.24, 2.45) is 0 Å². The molecule has 0 unspecified atom stereocenters. The molecule has 5 heteroatoms. The van der Waals surface area contributed by atoms with Crippen LogP contribution >= 0.6 is 11.6 Å². The van der Waals surface area contributed by atoms with Crippen LogP contribution in [0.2, 0.25) is 5.02 Å². The van der Waals surface area contributed by atoms with Gasteiger partial charge in [-0.05, 0) is 55.3 Å². The lowest BCUT2D eigenvalue weighted by Gasteiger charge is -2.21. The van der Waals surface area contributed by atoms with Crippen molar-refractivity contribution in [2.75, 3.05) is 23.3 Å². The Balaban J connectivity index is 1.59. The Hall–Kier alpha value is -2.85. The monoisotopic (exact) mass is 379 g/mol. The molecule has 1 N–H and O–H groups in total. The van der Waals surface area contributed by atoms with Crippen molar-refractivity contribution >= 4 is 29.0 Å². The van der Waals surface area contributed by atoms with Crippen molar-refractivity contribution < 1.29 is 4.79 Å². The smallest absolute Gasteiger partial charge is 0.259 e. The number of para-hydroxylation sites is 1. The van der Waals surface area contributed by atoms with Crippen LogP contribution in [0.3, 0.4) is 0 Å². The van der Waals surface area contributed by atoms with Crippen LogP contribution in [0.25, 0.3) is 0 Å². The summed E-state index contributed by atoms with van der Waals surface area (Å²) in [5, 5.41) is 4.02. The molecule has 0 spiro atoms. The fourth-order valence-corrected chi connectivity index (χ4v) is 2.94. The van der Waals surface area contributed by atoms with Crippen LogP contribution < -0.4 is 10.2 Å². The zero-order valence-corrected chi connectivity index (χ0v) is 16.0. The summed E-state index contributed by atoms with van der Waals surface area (Å²) in [6, 6.07) is 21.1. The summed E-state index contributed by atoms with van der Waals surface area (Å²) in [5.74, 6) is 0.701. The van der Waals surface area contributed by atoms with Crippen LogP contribution in [0.1, 0.15) is 22.8 Å². The Morgan fingerprint density at radius 3 is 2.41 bits per heavy atom. The molecule has 0 atom stereocenters. The van der Waals surface area contributed by atoms with E-state index in [-0.39, 0.29) is 5.91 Å². The fraction of sp³-hybridized carbons (Fsp3) is 0.182. The second-order valence-electron chi connectivity index (χ2n) is 6.12. The van der Waals surface area contributed by atoms with Crippen molar-refractivity contribution in [1.82, 2.24) is 4.98 Å². The topological polar surface area (TPSA) is 45.2 Å². The number of hydrogen-bond acceptors (Lipinski definition) is 3. The molecule has 1 amide bonds. The van der Waals surface area contributed by atoms with Crippen LogP contribution in [-0.4, -0.2) is 24.0 Å². The molecule has 4 nitrogen and oxygen atoms in total. The quantitative estimate of drug-likeness (QED) is 0.624. The highest BCUT2D eigenvalue weighted by Crippen LogP contribution is 2.17. The zero-order valence-electron chi connectivity index (χ0n) is 15.2. The van der Waals surface area contributed by atoms with Crippen molar-refractivity contribution in [3.05, 3.63) is 89.1 Å². The molecule has 2 aromatic carbocycles. The number of nitrogens with one attached hydrogen (secondary N) is 1. The van der Waals surface area contributed by atoms with E-state index in [2.05, 4.69) is 10.3 Å². The maximum absolute atomic E-state index is 12.8. The van der Waals surface area contributed by atoms with Gasteiger partial charge < -0.3 is 10.2 Å². The zero-order chi connectivity index (χ0) is 19.1. The van der Waals surface area contributed by atoms with Crippen LogP contribution in [-0.2, 0) is 6.42 Å². The molecular weight excluding hydrogens is 358 g/mol. The van der Waals surface area contributed by atoms with Gasteiger partial charge in [0.15, 0.2) is 0 Å². The molecule has 0 aliphatic carbocycles. The van der Waals surface area contributed by atoms with Crippen molar-refractivity contribution in [2.45, 2.75) is 13.3 Å². The minimum Gasteiger partial charge on any atom is -0.370 e. The molecule has 0 saturated heterocycles. The van der Waals surface area contributed by atoms with Crippen molar-refractivity contribution in [3.8, 4) is 0 Å². The molecule has 0 fully saturated rings.